The maximum atomic E-state index is 12.8. The number of carbonyl (C=O) groups is 2. The van der Waals surface area contributed by atoms with Crippen LogP contribution in [0.2, 0.25) is 10.0 Å². The number of unbranched alkanes of at least 4 members (excludes halogenated alkanes) is 1. The van der Waals surface area contributed by atoms with Crippen LogP contribution in [0.4, 0.5) is 0 Å². The van der Waals surface area contributed by atoms with E-state index in [1.807, 2.05) is 6.92 Å². The first kappa shape index (κ1) is 17.5. The van der Waals surface area contributed by atoms with Gasteiger partial charge in [-0.3, -0.25) is 14.5 Å². The van der Waals surface area contributed by atoms with Gasteiger partial charge in [-0.25, -0.2) is 0 Å². The van der Waals surface area contributed by atoms with Gasteiger partial charge in [0.25, 0.3) is 11.8 Å². The fourth-order valence-corrected chi connectivity index (χ4v) is 2.60. The summed E-state index contributed by atoms with van der Waals surface area (Å²) in [5.41, 5.74) is 0.622. The Balaban J connectivity index is 2.37. The number of amides is 2. The highest BCUT2D eigenvalue weighted by molar-refractivity contribution is 6.35. The minimum atomic E-state index is -0.408. The van der Waals surface area contributed by atoms with E-state index in [4.69, 9.17) is 23.2 Å². The first-order chi connectivity index (χ1) is 11.1. The zero-order valence-corrected chi connectivity index (χ0v) is 14.3. The lowest BCUT2D eigenvalue weighted by Crippen LogP contribution is -2.38. The van der Waals surface area contributed by atoms with Crippen molar-refractivity contribution in [1.82, 2.24) is 4.90 Å². The molecule has 0 radical (unpaired) electrons. The molecule has 0 aliphatic heterocycles. The first-order valence-corrected chi connectivity index (χ1v) is 8.17. The highest BCUT2D eigenvalue weighted by Crippen LogP contribution is 2.22. The highest BCUT2D eigenvalue weighted by Gasteiger charge is 2.26. The Morgan fingerprint density at radius 1 is 0.870 bits per heavy atom. The van der Waals surface area contributed by atoms with E-state index in [0.717, 1.165) is 6.42 Å². The molecule has 3 nitrogen and oxygen atoms in total. The first-order valence-electron chi connectivity index (χ1n) is 7.41. The quantitative estimate of drug-likeness (QED) is 0.706. The molecule has 0 aromatic heterocycles. The largest absolute Gasteiger partial charge is 0.274 e. The Bertz CT molecular complexity index is 658. The third-order valence-electron chi connectivity index (χ3n) is 3.43. The minimum Gasteiger partial charge on any atom is -0.274 e. The monoisotopic (exact) mass is 349 g/mol. The summed E-state index contributed by atoms with van der Waals surface area (Å²) in [4.78, 5) is 26.8. The molecule has 0 spiro atoms. The molecular formula is C18H17Cl2NO2. The molecule has 2 amide bonds. The van der Waals surface area contributed by atoms with Crippen LogP contribution in [-0.2, 0) is 0 Å². The molecule has 0 saturated carbocycles. The summed E-state index contributed by atoms with van der Waals surface area (Å²) >= 11 is 12.2. The predicted molar refractivity (Wildman–Crippen MR) is 93.2 cm³/mol. The second-order valence-electron chi connectivity index (χ2n) is 5.08. The standard InChI is InChI=1S/C18H17Cl2NO2/c1-2-3-12-21(17(22)13-8-4-6-10-15(13)19)18(23)14-9-5-7-11-16(14)20/h4-11H,2-3,12H2,1H3. The van der Waals surface area contributed by atoms with Gasteiger partial charge in [0.05, 0.1) is 21.2 Å². The van der Waals surface area contributed by atoms with Gasteiger partial charge < -0.3 is 0 Å². The lowest BCUT2D eigenvalue weighted by atomic mass is 10.1. The van der Waals surface area contributed by atoms with Gasteiger partial charge in [0.2, 0.25) is 0 Å². The topological polar surface area (TPSA) is 37.4 Å². The van der Waals surface area contributed by atoms with Crippen LogP contribution in [0, 0.1) is 0 Å². The van der Waals surface area contributed by atoms with Gasteiger partial charge in [-0.1, -0.05) is 60.8 Å². The van der Waals surface area contributed by atoms with Crippen LogP contribution in [-0.4, -0.2) is 23.3 Å². The summed E-state index contributed by atoms with van der Waals surface area (Å²) in [6.07, 6.45) is 1.58. The Morgan fingerprint density at radius 2 is 1.30 bits per heavy atom. The minimum absolute atomic E-state index is 0.311. The Labute approximate surface area is 145 Å². The maximum Gasteiger partial charge on any atom is 0.262 e. The Hall–Kier alpha value is -1.84. The van der Waals surface area contributed by atoms with E-state index in [1.54, 1.807) is 48.5 Å². The van der Waals surface area contributed by atoms with Crippen molar-refractivity contribution in [3.63, 3.8) is 0 Å². The van der Waals surface area contributed by atoms with Crippen LogP contribution in [0.15, 0.2) is 48.5 Å². The SMILES string of the molecule is CCCCN(C(=O)c1ccccc1Cl)C(=O)c1ccccc1Cl. The molecule has 0 fully saturated rings. The number of imide groups is 1. The van der Waals surface area contributed by atoms with Crippen molar-refractivity contribution in [2.24, 2.45) is 0 Å². The van der Waals surface area contributed by atoms with Crippen molar-refractivity contribution in [2.45, 2.75) is 19.8 Å². The zero-order valence-electron chi connectivity index (χ0n) is 12.8. The number of nitrogens with zero attached hydrogens (tertiary/aromatic N) is 1. The van der Waals surface area contributed by atoms with Crippen molar-refractivity contribution in [3.8, 4) is 0 Å². The van der Waals surface area contributed by atoms with E-state index in [-0.39, 0.29) is 0 Å². The number of benzene rings is 2. The van der Waals surface area contributed by atoms with Crippen LogP contribution < -0.4 is 0 Å². The fraction of sp³-hybridized carbons (Fsp3) is 0.222. The average Bonchev–Trinajstić information content (AvgIpc) is 2.55. The zero-order chi connectivity index (χ0) is 16.8. The van der Waals surface area contributed by atoms with Crippen LogP contribution in [0.5, 0.6) is 0 Å². The molecule has 5 heteroatoms. The molecule has 0 aliphatic carbocycles. The van der Waals surface area contributed by atoms with Crippen LogP contribution in [0.25, 0.3) is 0 Å². The van der Waals surface area contributed by atoms with E-state index in [0.29, 0.717) is 34.1 Å². The van der Waals surface area contributed by atoms with Crippen molar-refractivity contribution in [2.75, 3.05) is 6.54 Å². The van der Waals surface area contributed by atoms with Crippen molar-refractivity contribution < 1.29 is 9.59 Å². The summed E-state index contributed by atoms with van der Waals surface area (Å²) in [7, 11) is 0. The van der Waals surface area contributed by atoms with Gasteiger partial charge in [0, 0.05) is 6.54 Å². The lowest BCUT2D eigenvalue weighted by Gasteiger charge is -2.22. The predicted octanol–water partition coefficient (Wildman–Crippen LogP) is 5.08. The summed E-state index contributed by atoms with van der Waals surface area (Å²) in [5, 5.41) is 0.650. The van der Waals surface area contributed by atoms with Gasteiger partial charge in [-0.2, -0.15) is 0 Å². The second kappa shape index (κ2) is 8.14. The molecule has 23 heavy (non-hydrogen) atoms. The molecule has 0 heterocycles. The number of rotatable bonds is 5. The van der Waals surface area contributed by atoms with Crippen molar-refractivity contribution in [1.29, 1.82) is 0 Å². The second-order valence-corrected chi connectivity index (χ2v) is 5.89. The molecule has 0 atom stereocenters. The average molecular weight is 350 g/mol. The van der Waals surface area contributed by atoms with Gasteiger partial charge in [0.1, 0.15) is 0 Å². The third kappa shape index (κ3) is 4.12. The molecule has 0 bridgehead atoms. The Kier molecular flexibility index (Phi) is 6.20. The van der Waals surface area contributed by atoms with E-state index < -0.39 is 11.8 Å². The number of hydrogen-bond donors (Lipinski definition) is 0. The molecule has 0 unspecified atom stereocenters. The van der Waals surface area contributed by atoms with E-state index in [9.17, 15) is 9.59 Å². The summed E-state index contributed by atoms with van der Waals surface area (Å²) < 4.78 is 0. The van der Waals surface area contributed by atoms with Crippen LogP contribution in [0.1, 0.15) is 40.5 Å². The molecule has 2 aromatic carbocycles. The smallest absolute Gasteiger partial charge is 0.262 e. The van der Waals surface area contributed by atoms with Crippen molar-refractivity contribution in [3.05, 3.63) is 69.7 Å². The molecule has 120 valence electrons. The highest BCUT2D eigenvalue weighted by atomic mass is 35.5. The number of hydrogen-bond acceptors (Lipinski definition) is 2. The molecule has 2 aromatic rings. The summed E-state index contributed by atoms with van der Waals surface area (Å²) in [5.74, 6) is -0.817. The van der Waals surface area contributed by atoms with Crippen molar-refractivity contribution >= 4 is 35.0 Å². The van der Waals surface area contributed by atoms with Gasteiger partial charge in [-0.15, -0.1) is 0 Å². The maximum absolute atomic E-state index is 12.8. The normalized spacial score (nSPS) is 10.4. The fourth-order valence-electron chi connectivity index (χ4n) is 2.17. The molecule has 0 aliphatic rings. The molecular weight excluding hydrogens is 333 g/mol. The summed E-state index contributed by atoms with van der Waals surface area (Å²) in [6, 6.07) is 13.4. The van der Waals surface area contributed by atoms with E-state index in [2.05, 4.69) is 0 Å². The number of carbonyl (C=O) groups excluding carboxylic acids is 2. The Morgan fingerprint density at radius 3 is 1.70 bits per heavy atom. The molecule has 0 N–H and O–H groups in total. The van der Waals surface area contributed by atoms with E-state index >= 15 is 0 Å². The van der Waals surface area contributed by atoms with E-state index in [1.165, 1.54) is 4.90 Å². The third-order valence-corrected chi connectivity index (χ3v) is 4.09. The summed E-state index contributed by atoms with van der Waals surface area (Å²) in [6.45, 7) is 2.32. The van der Waals surface area contributed by atoms with Crippen LogP contribution in [0.3, 0.4) is 0 Å². The van der Waals surface area contributed by atoms with Gasteiger partial charge in [-0.05, 0) is 30.7 Å². The van der Waals surface area contributed by atoms with Gasteiger partial charge in [0.15, 0.2) is 0 Å². The number of halogens is 2. The lowest BCUT2D eigenvalue weighted by molar-refractivity contribution is 0.0614. The van der Waals surface area contributed by atoms with Crippen LogP contribution >= 0.6 is 23.2 Å². The molecule has 0 saturated heterocycles. The van der Waals surface area contributed by atoms with Gasteiger partial charge >= 0.3 is 0 Å². The molecule has 2 rings (SSSR count).